The minimum absolute atomic E-state index is 0.359. The second-order valence-corrected chi connectivity index (χ2v) is 6.46. The number of aliphatic carboxylic acids is 1. The number of carboxylic acids is 2. The van der Waals surface area contributed by atoms with Gasteiger partial charge in [0, 0.05) is 6.08 Å². The van der Waals surface area contributed by atoms with E-state index in [0.29, 0.717) is 5.56 Å². The largest absolute Gasteiger partial charge is 0.478 e. The monoisotopic (exact) mass is 396 g/mol. The van der Waals surface area contributed by atoms with E-state index in [1.807, 2.05) is 91.0 Å². The third kappa shape index (κ3) is 5.20. The van der Waals surface area contributed by atoms with Gasteiger partial charge in [0.25, 0.3) is 0 Å². The fourth-order valence-electron chi connectivity index (χ4n) is 3.10. The van der Waals surface area contributed by atoms with E-state index in [0.717, 1.165) is 27.5 Å². The maximum atomic E-state index is 10.9. The molecule has 0 spiro atoms. The maximum absolute atomic E-state index is 10.9. The van der Waals surface area contributed by atoms with E-state index in [4.69, 9.17) is 10.2 Å². The van der Waals surface area contributed by atoms with Crippen LogP contribution < -0.4 is 0 Å². The van der Waals surface area contributed by atoms with Crippen LogP contribution in [0, 0.1) is 0 Å². The molecule has 0 aliphatic carbocycles. The van der Waals surface area contributed by atoms with Gasteiger partial charge in [0.05, 0.1) is 5.56 Å². The van der Waals surface area contributed by atoms with Gasteiger partial charge in [0.2, 0.25) is 0 Å². The third-order valence-corrected chi connectivity index (χ3v) is 4.46. The molecular weight excluding hydrogens is 376 g/mol. The Balaban J connectivity index is 0.000000177. The van der Waals surface area contributed by atoms with Crippen molar-refractivity contribution in [2.45, 2.75) is 0 Å². The second kappa shape index (κ2) is 9.85. The zero-order chi connectivity index (χ0) is 21.3. The summed E-state index contributed by atoms with van der Waals surface area (Å²) in [4.78, 5) is 21.7. The maximum Gasteiger partial charge on any atom is 0.336 e. The van der Waals surface area contributed by atoms with E-state index in [1.54, 1.807) is 12.1 Å². The molecule has 0 saturated carbocycles. The number of rotatable bonds is 4. The summed E-state index contributed by atoms with van der Waals surface area (Å²) in [6, 6.07) is 31.8. The first-order chi connectivity index (χ1) is 14.6. The lowest BCUT2D eigenvalue weighted by Gasteiger charge is -2.06. The molecule has 0 heterocycles. The Kier molecular flexibility index (Phi) is 6.74. The molecule has 4 nitrogen and oxygen atoms in total. The predicted molar refractivity (Wildman–Crippen MR) is 119 cm³/mol. The fourth-order valence-corrected chi connectivity index (χ4v) is 3.10. The number of hydrogen-bond donors (Lipinski definition) is 2. The van der Waals surface area contributed by atoms with Crippen molar-refractivity contribution in [3.05, 3.63) is 126 Å². The number of benzene rings is 4. The van der Waals surface area contributed by atoms with Crippen LogP contribution in [0.25, 0.3) is 16.3 Å². The van der Waals surface area contributed by atoms with Crippen LogP contribution in [0.4, 0.5) is 0 Å². The van der Waals surface area contributed by atoms with Gasteiger partial charge in [-0.15, -0.1) is 0 Å². The van der Waals surface area contributed by atoms with Crippen molar-refractivity contribution in [3.63, 3.8) is 0 Å². The van der Waals surface area contributed by atoms with Gasteiger partial charge in [-0.2, -0.15) is 0 Å². The molecule has 0 saturated heterocycles. The van der Waals surface area contributed by atoms with Crippen LogP contribution in [-0.2, 0) is 4.79 Å². The highest BCUT2D eigenvalue weighted by Crippen LogP contribution is 2.22. The molecule has 0 radical (unpaired) electrons. The first-order valence-corrected chi connectivity index (χ1v) is 9.33. The number of aromatic carboxylic acids is 1. The fraction of sp³-hybridized carbons (Fsp3) is 0. The smallest absolute Gasteiger partial charge is 0.336 e. The Labute approximate surface area is 174 Å². The van der Waals surface area contributed by atoms with E-state index >= 15 is 0 Å². The molecule has 0 aromatic heterocycles. The quantitative estimate of drug-likeness (QED) is 0.431. The van der Waals surface area contributed by atoms with Gasteiger partial charge in [-0.1, -0.05) is 97.1 Å². The summed E-state index contributed by atoms with van der Waals surface area (Å²) in [5.41, 5.74) is 2.89. The Morgan fingerprint density at radius 1 is 0.600 bits per heavy atom. The zero-order valence-corrected chi connectivity index (χ0v) is 16.1. The molecule has 0 atom stereocenters. The highest BCUT2D eigenvalue weighted by atomic mass is 16.4. The van der Waals surface area contributed by atoms with Gasteiger partial charge in [0.1, 0.15) is 0 Å². The van der Waals surface area contributed by atoms with Crippen molar-refractivity contribution in [1.29, 1.82) is 0 Å². The van der Waals surface area contributed by atoms with E-state index < -0.39 is 11.9 Å². The molecule has 0 amide bonds. The lowest BCUT2D eigenvalue weighted by molar-refractivity contribution is -0.131. The minimum Gasteiger partial charge on any atom is -0.478 e. The van der Waals surface area contributed by atoms with Gasteiger partial charge in [-0.3, -0.25) is 0 Å². The van der Waals surface area contributed by atoms with Crippen LogP contribution in [0.15, 0.2) is 109 Å². The normalized spacial score (nSPS) is 9.87. The van der Waals surface area contributed by atoms with Crippen molar-refractivity contribution in [1.82, 2.24) is 0 Å². The lowest BCUT2D eigenvalue weighted by atomic mass is 9.98. The molecule has 4 aromatic rings. The molecule has 2 N–H and O–H groups in total. The molecule has 148 valence electrons. The van der Waals surface area contributed by atoms with E-state index in [9.17, 15) is 9.59 Å². The summed E-state index contributed by atoms with van der Waals surface area (Å²) in [5, 5.41) is 19.6. The van der Waals surface area contributed by atoms with Gasteiger partial charge in [-0.25, -0.2) is 9.59 Å². The SMILES string of the molecule is O=C(O)C=C(c1ccccc1)c1ccccc1.O=C(O)c1cccc2ccccc12. The van der Waals surface area contributed by atoms with Gasteiger partial charge < -0.3 is 10.2 Å². The van der Waals surface area contributed by atoms with E-state index in [2.05, 4.69) is 0 Å². The molecule has 0 aliphatic heterocycles. The van der Waals surface area contributed by atoms with E-state index in [-0.39, 0.29) is 0 Å². The van der Waals surface area contributed by atoms with Crippen LogP contribution in [0.2, 0.25) is 0 Å². The molecule has 0 fully saturated rings. The van der Waals surface area contributed by atoms with Gasteiger partial charge >= 0.3 is 11.9 Å². The van der Waals surface area contributed by atoms with Crippen molar-refractivity contribution in [3.8, 4) is 0 Å². The van der Waals surface area contributed by atoms with Crippen molar-refractivity contribution in [2.75, 3.05) is 0 Å². The highest BCUT2D eigenvalue weighted by Gasteiger charge is 2.06. The second-order valence-electron chi connectivity index (χ2n) is 6.46. The summed E-state index contributed by atoms with van der Waals surface area (Å²) in [7, 11) is 0. The minimum atomic E-state index is -0.937. The van der Waals surface area contributed by atoms with Crippen LogP contribution in [-0.4, -0.2) is 22.2 Å². The Morgan fingerprint density at radius 2 is 1.10 bits per heavy atom. The van der Waals surface area contributed by atoms with Crippen molar-refractivity contribution < 1.29 is 19.8 Å². The number of hydrogen-bond acceptors (Lipinski definition) is 2. The topological polar surface area (TPSA) is 74.6 Å². The average Bonchev–Trinajstić information content (AvgIpc) is 2.78. The Bertz CT molecular complexity index is 1130. The summed E-state index contributed by atoms with van der Waals surface area (Å²) in [6.45, 7) is 0. The first-order valence-electron chi connectivity index (χ1n) is 9.33. The summed E-state index contributed by atoms with van der Waals surface area (Å²) < 4.78 is 0. The first kappa shape index (κ1) is 20.6. The van der Waals surface area contributed by atoms with Crippen molar-refractivity contribution >= 4 is 28.3 Å². The van der Waals surface area contributed by atoms with E-state index in [1.165, 1.54) is 6.08 Å². The Morgan fingerprint density at radius 3 is 1.63 bits per heavy atom. The third-order valence-electron chi connectivity index (χ3n) is 4.46. The van der Waals surface area contributed by atoms with Crippen LogP contribution in [0.1, 0.15) is 21.5 Å². The molecule has 0 bridgehead atoms. The number of fused-ring (bicyclic) bond motifs is 1. The van der Waals surface area contributed by atoms with Gasteiger partial charge in [0.15, 0.2) is 0 Å². The molecular formula is C26H20O4. The molecule has 30 heavy (non-hydrogen) atoms. The number of carboxylic acid groups (broad SMARTS) is 2. The Hall–Kier alpha value is -4.18. The highest BCUT2D eigenvalue weighted by molar-refractivity contribution is 6.03. The molecule has 0 aliphatic rings. The van der Waals surface area contributed by atoms with Gasteiger partial charge in [-0.05, 0) is 33.5 Å². The van der Waals surface area contributed by atoms with Crippen LogP contribution >= 0.6 is 0 Å². The average molecular weight is 396 g/mol. The summed E-state index contributed by atoms with van der Waals surface area (Å²) >= 11 is 0. The zero-order valence-electron chi connectivity index (χ0n) is 16.1. The summed E-state index contributed by atoms with van der Waals surface area (Å²) in [6.07, 6.45) is 1.24. The summed E-state index contributed by atoms with van der Waals surface area (Å²) in [5.74, 6) is -1.82. The lowest BCUT2D eigenvalue weighted by Crippen LogP contribution is -1.96. The molecule has 4 aromatic carbocycles. The number of carbonyl (C=O) groups is 2. The molecule has 4 heteroatoms. The molecule has 4 rings (SSSR count). The predicted octanol–water partition coefficient (Wildman–Crippen LogP) is 5.74. The standard InChI is InChI=1S/C15H12O2.C11H8O2/c16-15(17)11-14(12-7-3-1-4-8-12)13-9-5-2-6-10-13;12-11(13)10-7-3-5-8-4-1-2-6-9(8)10/h1-11H,(H,16,17);1-7H,(H,12,13). The van der Waals surface area contributed by atoms with Crippen LogP contribution in [0.3, 0.4) is 0 Å². The van der Waals surface area contributed by atoms with Crippen LogP contribution in [0.5, 0.6) is 0 Å². The molecule has 0 unspecified atom stereocenters. The van der Waals surface area contributed by atoms with Crippen molar-refractivity contribution in [2.24, 2.45) is 0 Å².